The molecule has 11 heavy (non-hydrogen) atoms. The third-order valence-electron chi connectivity index (χ3n) is 1.94. The van der Waals surface area contributed by atoms with Crippen LogP contribution >= 0.6 is 0 Å². The van der Waals surface area contributed by atoms with Crippen LogP contribution in [0.2, 0.25) is 0 Å². The van der Waals surface area contributed by atoms with Crippen molar-refractivity contribution in [2.24, 2.45) is 11.1 Å². The van der Waals surface area contributed by atoms with E-state index in [2.05, 4.69) is 0 Å². The molecule has 1 rings (SSSR count). The SMILES string of the molecule is CC1(C(=O)O)CN(C(=N)N)C1. The maximum absolute atomic E-state index is 10.5. The predicted molar refractivity (Wildman–Crippen MR) is 39.2 cm³/mol. The molecule has 0 aromatic heterocycles. The fraction of sp³-hybridized carbons (Fsp3) is 0.667. The number of hydrogen-bond donors (Lipinski definition) is 3. The molecule has 1 saturated heterocycles. The van der Waals surface area contributed by atoms with E-state index in [0.717, 1.165) is 0 Å². The summed E-state index contributed by atoms with van der Waals surface area (Å²) in [7, 11) is 0. The molecule has 5 nitrogen and oxygen atoms in total. The monoisotopic (exact) mass is 157 g/mol. The van der Waals surface area contributed by atoms with Gasteiger partial charge in [-0.1, -0.05) is 0 Å². The summed E-state index contributed by atoms with van der Waals surface area (Å²) in [4.78, 5) is 12.1. The van der Waals surface area contributed by atoms with E-state index in [1.807, 2.05) is 0 Å². The normalized spacial score (nSPS) is 20.6. The van der Waals surface area contributed by atoms with E-state index in [1.165, 1.54) is 4.90 Å². The quantitative estimate of drug-likeness (QED) is 0.346. The third kappa shape index (κ3) is 1.13. The third-order valence-corrected chi connectivity index (χ3v) is 1.94. The predicted octanol–water partition coefficient (Wildman–Crippen LogP) is -0.714. The summed E-state index contributed by atoms with van der Waals surface area (Å²) < 4.78 is 0. The van der Waals surface area contributed by atoms with Crippen molar-refractivity contribution in [3.63, 3.8) is 0 Å². The van der Waals surface area contributed by atoms with Crippen LogP contribution < -0.4 is 5.73 Å². The molecule has 0 aromatic carbocycles. The summed E-state index contributed by atoms with van der Waals surface area (Å²) in [5, 5.41) is 15.6. The lowest BCUT2D eigenvalue weighted by Crippen LogP contribution is -2.62. The van der Waals surface area contributed by atoms with Gasteiger partial charge in [-0.2, -0.15) is 0 Å². The van der Waals surface area contributed by atoms with E-state index in [1.54, 1.807) is 6.92 Å². The van der Waals surface area contributed by atoms with E-state index >= 15 is 0 Å². The minimum atomic E-state index is -0.824. The lowest BCUT2D eigenvalue weighted by atomic mass is 9.82. The van der Waals surface area contributed by atoms with Gasteiger partial charge in [0.15, 0.2) is 5.96 Å². The number of nitrogens with zero attached hydrogens (tertiary/aromatic N) is 1. The van der Waals surface area contributed by atoms with Gasteiger partial charge in [0.25, 0.3) is 0 Å². The van der Waals surface area contributed by atoms with Gasteiger partial charge in [0, 0.05) is 13.1 Å². The Morgan fingerprint density at radius 1 is 1.73 bits per heavy atom. The van der Waals surface area contributed by atoms with Gasteiger partial charge < -0.3 is 15.7 Å². The molecular weight excluding hydrogens is 146 g/mol. The number of aliphatic carboxylic acids is 1. The molecule has 1 heterocycles. The van der Waals surface area contributed by atoms with E-state index in [9.17, 15) is 4.79 Å². The average molecular weight is 157 g/mol. The lowest BCUT2D eigenvalue weighted by molar-refractivity contribution is -0.155. The van der Waals surface area contributed by atoms with E-state index in [0.29, 0.717) is 13.1 Å². The topological polar surface area (TPSA) is 90.4 Å². The van der Waals surface area contributed by atoms with Crippen LogP contribution in [0.4, 0.5) is 0 Å². The maximum Gasteiger partial charge on any atom is 0.312 e. The van der Waals surface area contributed by atoms with Crippen LogP contribution in [0.15, 0.2) is 0 Å². The van der Waals surface area contributed by atoms with E-state index in [-0.39, 0.29) is 5.96 Å². The Bertz CT molecular complexity index is 208. The fourth-order valence-corrected chi connectivity index (χ4v) is 1.10. The number of nitrogens with one attached hydrogen (secondary N) is 1. The maximum atomic E-state index is 10.5. The van der Waals surface area contributed by atoms with Crippen molar-refractivity contribution in [2.45, 2.75) is 6.92 Å². The Labute approximate surface area is 64.3 Å². The number of nitrogens with two attached hydrogens (primary N) is 1. The Balaban J connectivity index is 2.50. The van der Waals surface area contributed by atoms with Crippen LogP contribution in [0.1, 0.15) is 6.92 Å². The Hall–Kier alpha value is -1.26. The zero-order valence-corrected chi connectivity index (χ0v) is 6.29. The van der Waals surface area contributed by atoms with Gasteiger partial charge in [-0.25, -0.2) is 0 Å². The summed E-state index contributed by atoms with van der Waals surface area (Å²) in [5.74, 6) is -0.876. The summed E-state index contributed by atoms with van der Waals surface area (Å²) >= 11 is 0. The Morgan fingerprint density at radius 2 is 2.18 bits per heavy atom. The molecule has 0 bridgehead atoms. The zero-order valence-electron chi connectivity index (χ0n) is 6.29. The highest BCUT2D eigenvalue weighted by Gasteiger charge is 2.45. The van der Waals surface area contributed by atoms with Crippen molar-refractivity contribution in [3.05, 3.63) is 0 Å². The van der Waals surface area contributed by atoms with Crippen LogP contribution in [0.25, 0.3) is 0 Å². The second-order valence-corrected chi connectivity index (χ2v) is 3.11. The first-order valence-corrected chi connectivity index (χ1v) is 3.28. The summed E-state index contributed by atoms with van der Waals surface area (Å²) in [5.41, 5.74) is 4.43. The molecule has 0 radical (unpaired) electrons. The molecule has 0 aliphatic carbocycles. The van der Waals surface area contributed by atoms with Gasteiger partial charge >= 0.3 is 5.97 Å². The second-order valence-electron chi connectivity index (χ2n) is 3.11. The molecule has 0 atom stereocenters. The summed E-state index contributed by atoms with van der Waals surface area (Å²) in [6.07, 6.45) is 0. The molecule has 0 aromatic rings. The van der Waals surface area contributed by atoms with Crippen molar-refractivity contribution < 1.29 is 9.90 Å². The molecule has 5 heteroatoms. The first kappa shape index (κ1) is 7.84. The second kappa shape index (κ2) is 2.11. The van der Waals surface area contributed by atoms with E-state index < -0.39 is 11.4 Å². The molecular formula is C6H11N3O2. The molecule has 4 N–H and O–H groups in total. The number of likely N-dealkylation sites (tertiary alicyclic amines) is 1. The van der Waals surface area contributed by atoms with Gasteiger partial charge in [-0.05, 0) is 6.92 Å². The van der Waals surface area contributed by atoms with Gasteiger partial charge in [0.2, 0.25) is 0 Å². The Morgan fingerprint density at radius 3 is 2.45 bits per heavy atom. The van der Waals surface area contributed by atoms with Gasteiger partial charge in [-0.3, -0.25) is 10.2 Å². The lowest BCUT2D eigenvalue weighted by Gasteiger charge is -2.44. The van der Waals surface area contributed by atoms with Crippen molar-refractivity contribution in [1.29, 1.82) is 5.41 Å². The number of guanidine groups is 1. The standard InChI is InChI=1S/C6H11N3O2/c1-6(4(10)11)2-9(3-6)5(7)8/h2-3H2,1H3,(H3,7,8)(H,10,11). The minimum absolute atomic E-state index is 0.0521. The van der Waals surface area contributed by atoms with Crippen molar-refractivity contribution >= 4 is 11.9 Å². The molecule has 0 spiro atoms. The fourth-order valence-electron chi connectivity index (χ4n) is 1.10. The van der Waals surface area contributed by atoms with Crippen molar-refractivity contribution in [1.82, 2.24) is 4.90 Å². The van der Waals surface area contributed by atoms with Crippen molar-refractivity contribution in [2.75, 3.05) is 13.1 Å². The molecule has 1 aliphatic rings. The highest BCUT2D eigenvalue weighted by atomic mass is 16.4. The van der Waals surface area contributed by atoms with Crippen LogP contribution in [0.5, 0.6) is 0 Å². The van der Waals surface area contributed by atoms with Gasteiger partial charge in [-0.15, -0.1) is 0 Å². The van der Waals surface area contributed by atoms with Crippen LogP contribution in [-0.2, 0) is 4.79 Å². The molecule has 1 aliphatic heterocycles. The average Bonchev–Trinajstić information content (AvgIpc) is 1.79. The number of carboxylic acids is 1. The number of carboxylic acid groups (broad SMARTS) is 1. The minimum Gasteiger partial charge on any atom is -0.481 e. The van der Waals surface area contributed by atoms with Crippen LogP contribution in [0, 0.1) is 10.8 Å². The zero-order chi connectivity index (χ0) is 8.65. The first-order chi connectivity index (χ1) is 4.96. The molecule has 0 amide bonds. The molecule has 0 saturated carbocycles. The Kier molecular flexibility index (Phi) is 1.51. The van der Waals surface area contributed by atoms with Gasteiger partial charge in [0.1, 0.15) is 5.41 Å². The smallest absolute Gasteiger partial charge is 0.312 e. The van der Waals surface area contributed by atoms with Gasteiger partial charge in [0.05, 0.1) is 0 Å². The highest BCUT2D eigenvalue weighted by Crippen LogP contribution is 2.28. The van der Waals surface area contributed by atoms with Crippen LogP contribution in [-0.4, -0.2) is 35.0 Å². The molecule has 0 unspecified atom stereocenters. The molecule has 62 valence electrons. The van der Waals surface area contributed by atoms with Crippen LogP contribution in [0.3, 0.4) is 0 Å². The summed E-state index contributed by atoms with van der Waals surface area (Å²) in [6.45, 7) is 2.34. The number of carbonyl (C=O) groups is 1. The number of hydrogen-bond acceptors (Lipinski definition) is 2. The number of rotatable bonds is 1. The summed E-state index contributed by atoms with van der Waals surface area (Å²) in [6, 6.07) is 0. The highest BCUT2D eigenvalue weighted by molar-refractivity contribution is 5.82. The van der Waals surface area contributed by atoms with Crippen molar-refractivity contribution in [3.8, 4) is 0 Å². The largest absolute Gasteiger partial charge is 0.481 e. The molecule has 1 fully saturated rings. The van der Waals surface area contributed by atoms with E-state index in [4.69, 9.17) is 16.2 Å². The first-order valence-electron chi connectivity index (χ1n) is 3.28.